The zero-order chi connectivity index (χ0) is 15.4. The maximum Gasteiger partial charge on any atom is 0.341 e. The van der Waals surface area contributed by atoms with Crippen LogP contribution in [0.3, 0.4) is 0 Å². The first-order valence-electron chi connectivity index (χ1n) is 5.98. The van der Waals surface area contributed by atoms with Gasteiger partial charge in [0, 0.05) is 13.2 Å². The Balaban J connectivity index is 2.45. The van der Waals surface area contributed by atoms with Crippen molar-refractivity contribution in [2.75, 3.05) is 19.0 Å². The lowest BCUT2D eigenvalue weighted by Gasteiger charge is -2.03. The molecule has 2 heterocycles. The molecule has 1 N–H and O–H groups in total. The van der Waals surface area contributed by atoms with Crippen LogP contribution in [-0.4, -0.2) is 44.3 Å². The summed E-state index contributed by atoms with van der Waals surface area (Å²) in [6.07, 6.45) is 3.63. The topological polar surface area (TPSA) is 125 Å². The van der Waals surface area contributed by atoms with E-state index in [-0.39, 0.29) is 29.6 Å². The van der Waals surface area contributed by atoms with Crippen molar-refractivity contribution in [2.45, 2.75) is 6.92 Å². The molecule has 0 unspecified atom stereocenters. The van der Waals surface area contributed by atoms with E-state index in [1.165, 1.54) is 12.4 Å². The first-order valence-corrected chi connectivity index (χ1v) is 5.98. The third kappa shape index (κ3) is 2.94. The monoisotopic (exact) mass is 292 g/mol. The van der Waals surface area contributed by atoms with Crippen LogP contribution in [0.15, 0.2) is 18.6 Å². The molecule has 0 aliphatic heterocycles. The Morgan fingerprint density at radius 2 is 2.29 bits per heavy atom. The van der Waals surface area contributed by atoms with Crippen molar-refractivity contribution >= 4 is 17.6 Å². The molecule has 10 heteroatoms. The highest BCUT2D eigenvalue weighted by Crippen LogP contribution is 2.20. The predicted octanol–water partition coefficient (Wildman–Crippen LogP) is 0.789. The normalized spacial score (nSPS) is 10.2. The van der Waals surface area contributed by atoms with Gasteiger partial charge in [0.1, 0.15) is 6.20 Å². The van der Waals surface area contributed by atoms with Gasteiger partial charge in [0.2, 0.25) is 11.8 Å². The van der Waals surface area contributed by atoms with Crippen molar-refractivity contribution < 1.29 is 14.5 Å². The van der Waals surface area contributed by atoms with Gasteiger partial charge in [-0.15, -0.1) is 0 Å². The second-order valence-corrected chi connectivity index (χ2v) is 3.80. The summed E-state index contributed by atoms with van der Waals surface area (Å²) in [7, 11) is 1.58. The minimum atomic E-state index is -0.625. The van der Waals surface area contributed by atoms with Gasteiger partial charge in [-0.2, -0.15) is 10.1 Å². The molecule has 0 amide bonds. The number of ether oxygens (including phenoxy) is 1. The number of carbonyl (C=O) groups excluding carboxylic acids is 1. The highest BCUT2D eigenvalue weighted by atomic mass is 16.6. The van der Waals surface area contributed by atoms with Crippen molar-refractivity contribution in [3.63, 3.8) is 0 Å². The molecular weight excluding hydrogens is 280 g/mol. The Hall–Kier alpha value is -3.04. The standard InChI is InChI=1S/C11H12N6O4/c1-3-21-10(18)7-4-14-16(6-7)9-8(17(19)20)5-13-11(12-2)15-9/h4-6H,3H2,1-2H3,(H,12,13,15). The lowest BCUT2D eigenvalue weighted by molar-refractivity contribution is -0.385. The average Bonchev–Trinajstić information content (AvgIpc) is 2.96. The molecule has 10 nitrogen and oxygen atoms in total. The highest BCUT2D eigenvalue weighted by molar-refractivity contribution is 5.88. The summed E-state index contributed by atoms with van der Waals surface area (Å²) in [5.41, 5.74) is -0.150. The van der Waals surface area contributed by atoms with Gasteiger partial charge in [0.05, 0.1) is 23.3 Å². The summed E-state index contributed by atoms with van der Waals surface area (Å²) in [5.74, 6) is -0.409. The number of carbonyl (C=O) groups is 1. The Kier molecular flexibility index (Phi) is 4.07. The summed E-state index contributed by atoms with van der Waals surface area (Å²) < 4.78 is 5.96. The number of hydrogen-bond acceptors (Lipinski definition) is 8. The van der Waals surface area contributed by atoms with E-state index in [0.717, 1.165) is 10.9 Å². The van der Waals surface area contributed by atoms with Crippen LogP contribution in [0.2, 0.25) is 0 Å². The van der Waals surface area contributed by atoms with E-state index in [2.05, 4.69) is 20.4 Å². The van der Waals surface area contributed by atoms with Gasteiger partial charge >= 0.3 is 11.7 Å². The van der Waals surface area contributed by atoms with Crippen LogP contribution >= 0.6 is 0 Å². The number of hydrogen-bond donors (Lipinski definition) is 1. The molecule has 2 aromatic heterocycles. The smallest absolute Gasteiger partial charge is 0.341 e. The maximum atomic E-state index is 11.6. The van der Waals surface area contributed by atoms with Gasteiger partial charge in [-0.25, -0.2) is 14.5 Å². The van der Waals surface area contributed by atoms with Crippen molar-refractivity contribution in [3.05, 3.63) is 34.3 Å². The summed E-state index contributed by atoms with van der Waals surface area (Å²) >= 11 is 0. The van der Waals surface area contributed by atoms with Gasteiger partial charge < -0.3 is 10.1 Å². The van der Waals surface area contributed by atoms with E-state index in [9.17, 15) is 14.9 Å². The number of nitrogens with zero attached hydrogens (tertiary/aromatic N) is 5. The fourth-order valence-electron chi connectivity index (χ4n) is 1.54. The van der Waals surface area contributed by atoms with E-state index < -0.39 is 10.9 Å². The second-order valence-electron chi connectivity index (χ2n) is 3.80. The molecule has 0 saturated heterocycles. The molecule has 2 aromatic rings. The van der Waals surface area contributed by atoms with Gasteiger partial charge in [-0.3, -0.25) is 10.1 Å². The zero-order valence-corrected chi connectivity index (χ0v) is 11.3. The molecule has 21 heavy (non-hydrogen) atoms. The lowest BCUT2D eigenvalue weighted by Crippen LogP contribution is -2.07. The van der Waals surface area contributed by atoms with Gasteiger partial charge in [-0.05, 0) is 6.92 Å². The van der Waals surface area contributed by atoms with Crippen LogP contribution in [0.5, 0.6) is 0 Å². The number of nitro groups is 1. The number of esters is 1. The largest absolute Gasteiger partial charge is 0.462 e. The molecule has 0 fully saturated rings. The molecule has 0 bridgehead atoms. The molecule has 0 aromatic carbocycles. The van der Waals surface area contributed by atoms with Crippen LogP contribution in [0.1, 0.15) is 17.3 Å². The minimum Gasteiger partial charge on any atom is -0.462 e. The molecule has 0 atom stereocenters. The van der Waals surface area contributed by atoms with Crippen molar-refractivity contribution in [2.24, 2.45) is 0 Å². The van der Waals surface area contributed by atoms with Crippen molar-refractivity contribution in [1.29, 1.82) is 0 Å². The van der Waals surface area contributed by atoms with Crippen LogP contribution in [0.25, 0.3) is 5.82 Å². The number of nitrogens with one attached hydrogen (secondary N) is 1. The molecule has 0 aliphatic carbocycles. The van der Waals surface area contributed by atoms with Crippen LogP contribution in [0, 0.1) is 10.1 Å². The van der Waals surface area contributed by atoms with Crippen molar-refractivity contribution in [1.82, 2.24) is 19.7 Å². The van der Waals surface area contributed by atoms with E-state index >= 15 is 0 Å². The van der Waals surface area contributed by atoms with Crippen LogP contribution < -0.4 is 5.32 Å². The second kappa shape index (κ2) is 5.94. The Labute approximate surface area is 118 Å². The predicted molar refractivity (Wildman–Crippen MR) is 71.3 cm³/mol. The maximum absolute atomic E-state index is 11.6. The fraction of sp³-hybridized carbons (Fsp3) is 0.273. The summed E-state index contributed by atoms with van der Waals surface area (Å²) in [6, 6.07) is 0. The Bertz CT molecular complexity index is 683. The minimum absolute atomic E-state index is 0.0464. The van der Waals surface area contributed by atoms with E-state index in [1.807, 2.05) is 0 Å². The molecule has 0 aliphatic rings. The Morgan fingerprint density at radius 1 is 1.52 bits per heavy atom. The SMILES string of the molecule is CCOC(=O)c1cnn(-c2nc(NC)ncc2[N+](=O)[O-])c1. The van der Waals surface area contributed by atoms with E-state index in [1.54, 1.807) is 14.0 Å². The summed E-state index contributed by atoms with van der Waals surface area (Å²) in [4.78, 5) is 29.7. The number of rotatable bonds is 5. The van der Waals surface area contributed by atoms with Crippen LogP contribution in [0.4, 0.5) is 11.6 Å². The molecule has 2 rings (SSSR count). The molecule has 0 spiro atoms. The molecular formula is C11H12N6O4. The fourth-order valence-corrected chi connectivity index (χ4v) is 1.54. The number of anilines is 1. The van der Waals surface area contributed by atoms with Gasteiger partial charge in [-0.1, -0.05) is 0 Å². The van der Waals surface area contributed by atoms with Crippen LogP contribution in [-0.2, 0) is 4.74 Å². The quantitative estimate of drug-likeness (QED) is 0.487. The first kappa shape index (κ1) is 14.4. The third-order valence-electron chi connectivity index (χ3n) is 2.48. The van der Waals surface area contributed by atoms with Crippen molar-refractivity contribution in [3.8, 4) is 5.82 Å². The first-order chi connectivity index (χ1) is 10.1. The summed E-state index contributed by atoms with van der Waals surface area (Å²) in [5, 5.41) is 17.6. The lowest BCUT2D eigenvalue weighted by atomic mass is 10.4. The highest BCUT2D eigenvalue weighted by Gasteiger charge is 2.21. The van der Waals surface area contributed by atoms with Gasteiger partial charge in [0.25, 0.3) is 0 Å². The summed E-state index contributed by atoms with van der Waals surface area (Å²) in [6.45, 7) is 1.90. The van der Waals surface area contributed by atoms with E-state index in [4.69, 9.17) is 4.74 Å². The third-order valence-corrected chi connectivity index (χ3v) is 2.48. The van der Waals surface area contributed by atoms with Gasteiger partial charge in [0.15, 0.2) is 0 Å². The molecule has 110 valence electrons. The average molecular weight is 292 g/mol. The Morgan fingerprint density at radius 3 is 2.90 bits per heavy atom. The molecule has 0 radical (unpaired) electrons. The van der Waals surface area contributed by atoms with E-state index in [0.29, 0.717) is 0 Å². The molecule has 0 saturated carbocycles. The number of aromatic nitrogens is 4. The zero-order valence-electron chi connectivity index (χ0n) is 11.3.